The molecule has 3 heterocycles. The molecule has 0 atom stereocenters. The van der Waals surface area contributed by atoms with Gasteiger partial charge in [0, 0.05) is 52.4 Å². The minimum Gasteiger partial charge on any atom is -0.406 e. The maximum absolute atomic E-state index is 12.3. The van der Waals surface area contributed by atoms with Crippen LogP contribution in [0.25, 0.3) is 5.69 Å². The third-order valence-corrected chi connectivity index (χ3v) is 5.76. The van der Waals surface area contributed by atoms with Crippen LogP contribution in [-0.4, -0.2) is 91.5 Å². The number of benzene rings is 1. The van der Waals surface area contributed by atoms with Crippen molar-refractivity contribution < 1.29 is 22.6 Å². The first-order valence-corrected chi connectivity index (χ1v) is 10.6. The van der Waals surface area contributed by atoms with E-state index in [1.165, 1.54) is 12.1 Å². The van der Waals surface area contributed by atoms with Gasteiger partial charge < -0.3 is 14.4 Å². The molecule has 0 radical (unpaired) electrons. The number of nitrogens with zero attached hydrogens (tertiary/aromatic N) is 5. The van der Waals surface area contributed by atoms with Gasteiger partial charge in [-0.25, -0.2) is 4.68 Å². The second-order valence-corrected chi connectivity index (χ2v) is 7.87. The van der Waals surface area contributed by atoms with Gasteiger partial charge in [0.25, 0.3) is 0 Å². The van der Waals surface area contributed by atoms with Crippen LogP contribution in [0.4, 0.5) is 18.9 Å². The molecule has 2 aromatic rings. The van der Waals surface area contributed by atoms with Crippen molar-refractivity contribution in [2.75, 3.05) is 70.5 Å². The van der Waals surface area contributed by atoms with Crippen LogP contribution in [0.3, 0.4) is 0 Å². The van der Waals surface area contributed by atoms with E-state index < -0.39 is 6.36 Å². The third-order valence-electron chi connectivity index (χ3n) is 5.76. The minimum absolute atomic E-state index is 0.242. The number of piperazine rings is 1. The first kappa shape index (κ1) is 21.9. The number of aromatic nitrogens is 2. The number of rotatable bonds is 6. The summed E-state index contributed by atoms with van der Waals surface area (Å²) < 4.78 is 48.1. The second kappa shape index (κ2) is 9.46. The topological polar surface area (TPSA) is 46.0 Å². The Morgan fingerprint density at radius 1 is 0.935 bits per heavy atom. The molecule has 0 N–H and O–H groups in total. The van der Waals surface area contributed by atoms with Crippen molar-refractivity contribution in [3.05, 3.63) is 36.2 Å². The van der Waals surface area contributed by atoms with E-state index in [1.807, 2.05) is 13.1 Å². The number of hydrogen-bond donors (Lipinski definition) is 0. The standard InChI is InChI=1S/C21H28F3N5O2/c1-17-20(16-29(25-17)18-2-4-19(5-3-18)31-21(22,23)24)28-10-8-26(9-11-28)6-7-27-12-14-30-15-13-27/h2-5,16H,6-15H2,1H3. The summed E-state index contributed by atoms with van der Waals surface area (Å²) in [5, 5.41) is 4.56. The lowest BCUT2D eigenvalue weighted by atomic mass is 10.2. The van der Waals surface area contributed by atoms with Gasteiger partial charge in [0.2, 0.25) is 0 Å². The summed E-state index contributed by atoms with van der Waals surface area (Å²) in [6, 6.07) is 5.74. The fourth-order valence-corrected chi connectivity index (χ4v) is 4.01. The van der Waals surface area contributed by atoms with Crippen molar-refractivity contribution in [2.45, 2.75) is 13.3 Å². The molecule has 31 heavy (non-hydrogen) atoms. The summed E-state index contributed by atoms with van der Waals surface area (Å²) in [5.41, 5.74) is 2.65. The molecular formula is C21H28F3N5O2. The Morgan fingerprint density at radius 2 is 1.55 bits per heavy atom. The molecule has 4 rings (SSSR count). The maximum Gasteiger partial charge on any atom is 0.573 e. The van der Waals surface area contributed by atoms with E-state index in [0.717, 1.165) is 77.0 Å². The number of halogens is 3. The Morgan fingerprint density at radius 3 is 2.16 bits per heavy atom. The monoisotopic (exact) mass is 439 g/mol. The van der Waals surface area contributed by atoms with Crippen LogP contribution < -0.4 is 9.64 Å². The number of ether oxygens (including phenoxy) is 2. The number of hydrogen-bond acceptors (Lipinski definition) is 6. The SMILES string of the molecule is Cc1nn(-c2ccc(OC(F)(F)F)cc2)cc1N1CCN(CCN2CCOCC2)CC1. The fourth-order valence-electron chi connectivity index (χ4n) is 4.01. The number of anilines is 1. The Hall–Kier alpha value is -2.30. The molecule has 7 nitrogen and oxygen atoms in total. The van der Waals surface area contributed by atoms with Crippen molar-refractivity contribution in [2.24, 2.45) is 0 Å². The zero-order valence-corrected chi connectivity index (χ0v) is 17.6. The highest BCUT2D eigenvalue weighted by atomic mass is 19.4. The highest BCUT2D eigenvalue weighted by Crippen LogP contribution is 2.26. The highest BCUT2D eigenvalue weighted by Gasteiger charge is 2.31. The van der Waals surface area contributed by atoms with Crippen molar-refractivity contribution in [3.8, 4) is 11.4 Å². The minimum atomic E-state index is -4.69. The van der Waals surface area contributed by atoms with Crippen LogP contribution in [0.15, 0.2) is 30.5 Å². The Balaban J connectivity index is 1.32. The van der Waals surface area contributed by atoms with Crippen molar-refractivity contribution in [3.63, 3.8) is 0 Å². The van der Waals surface area contributed by atoms with Gasteiger partial charge in [0.15, 0.2) is 0 Å². The van der Waals surface area contributed by atoms with Gasteiger partial charge in [-0.2, -0.15) is 5.10 Å². The van der Waals surface area contributed by atoms with Crippen LogP contribution >= 0.6 is 0 Å². The van der Waals surface area contributed by atoms with Crippen molar-refractivity contribution in [1.29, 1.82) is 0 Å². The third kappa shape index (κ3) is 5.90. The van der Waals surface area contributed by atoms with E-state index in [-0.39, 0.29) is 5.75 Å². The van der Waals surface area contributed by atoms with Crippen LogP contribution in [-0.2, 0) is 4.74 Å². The largest absolute Gasteiger partial charge is 0.573 e. The molecule has 2 aliphatic rings. The summed E-state index contributed by atoms with van der Waals surface area (Å²) >= 11 is 0. The highest BCUT2D eigenvalue weighted by molar-refractivity contribution is 5.51. The average Bonchev–Trinajstić information content (AvgIpc) is 3.14. The van der Waals surface area contributed by atoms with E-state index in [4.69, 9.17) is 4.74 Å². The van der Waals surface area contributed by atoms with E-state index in [0.29, 0.717) is 5.69 Å². The molecule has 2 aliphatic heterocycles. The van der Waals surface area contributed by atoms with Gasteiger partial charge in [-0.05, 0) is 31.2 Å². The second-order valence-electron chi connectivity index (χ2n) is 7.87. The smallest absolute Gasteiger partial charge is 0.406 e. The van der Waals surface area contributed by atoms with Gasteiger partial charge in [0.1, 0.15) is 5.75 Å². The summed E-state index contributed by atoms with van der Waals surface area (Å²) in [4.78, 5) is 7.27. The molecule has 0 spiro atoms. The van der Waals surface area contributed by atoms with E-state index in [2.05, 4.69) is 24.5 Å². The Labute approximate surface area is 179 Å². The average molecular weight is 439 g/mol. The van der Waals surface area contributed by atoms with Gasteiger partial charge in [-0.15, -0.1) is 13.2 Å². The molecule has 0 unspecified atom stereocenters. The van der Waals surface area contributed by atoms with Crippen LogP contribution in [0.5, 0.6) is 5.75 Å². The lowest BCUT2D eigenvalue weighted by Gasteiger charge is -2.37. The van der Waals surface area contributed by atoms with Gasteiger partial charge >= 0.3 is 6.36 Å². The van der Waals surface area contributed by atoms with Crippen molar-refractivity contribution >= 4 is 5.69 Å². The lowest BCUT2D eigenvalue weighted by molar-refractivity contribution is -0.274. The predicted molar refractivity (Wildman–Crippen MR) is 111 cm³/mol. The summed E-state index contributed by atoms with van der Waals surface area (Å²) in [5.74, 6) is -0.242. The zero-order chi connectivity index (χ0) is 21.8. The number of aryl methyl sites for hydroxylation is 1. The van der Waals surface area contributed by atoms with E-state index >= 15 is 0 Å². The quantitative estimate of drug-likeness (QED) is 0.690. The molecule has 1 aromatic heterocycles. The molecule has 2 saturated heterocycles. The van der Waals surface area contributed by atoms with Crippen LogP contribution in [0.1, 0.15) is 5.69 Å². The molecular weight excluding hydrogens is 411 g/mol. The number of alkyl halides is 3. The normalized spacial score (nSPS) is 19.0. The molecule has 10 heteroatoms. The Bertz CT molecular complexity index is 842. The Kier molecular flexibility index (Phi) is 6.68. The van der Waals surface area contributed by atoms with Crippen LogP contribution in [0.2, 0.25) is 0 Å². The van der Waals surface area contributed by atoms with E-state index in [1.54, 1.807) is 16.8 Å². The zero-order valence-electron chi connectivity index (χ0n) is 17.6. The maximum atomic E-state index is 12.3. The van der Waals surface area contributed by atoms with Gasteiger partial charge in [-0.3, -0.25) is 9.80 Å². The summed E-state index contributed by atoms with van der Waals surface area (Å²) in [6.45, 7) is 11.6. The molecule has 2 fully saturated rings. The molecule has 0 bridgehead atoms. The van der Waals surface area contributed by atoms with Crippen molar-refractivity contribution in [1.82, 2.24) is 19.6 Å². The summed E-state index contributed by atoms with van der Waals surface area (Å²) in [6.07, 6.45) is -2.75. The summed E-state index contributed by atoms with van der Waals surface area (Å²) in [7, 11) is 0. The predicted octanol–water partition coefficient (Wildman–Crippen LogP) is 2.53. The molecule has 0 aliphatic carbocycles. The van der Waals surface area contributed by atoms with E-state index in [9.17, 15) is 13.2 Å². The van der Waals surface area contributed by atoms with Gasteiger partial charge in [-0.1, -0.05) is 0 Å². The first-order valence-electron chi connectivity index (χ1n) is 10.6. The lowest BCUT2D eigenvalue weighted by Crippen LogP contribution is -2.49. The molecule has 0 amide bonds. The van der Waals surface area contributed by atoms with Crippen LogP contribution in [0, 0.1) is 6.92 Å². The molecule has 170 valence electrons. The fraction of sp³-hybridized carbons (Fsp3) is 0.571. The molecule has 0 saturated carbocycles. The molecule has 1 aromatic carbocycles. The first-order chi connectivity index (χ1) is 14.9. The van der Waals surface area contributed by atoms with Gasteiger partial charge in [0.05, 0.1) is 36.5 Å². The number of morpholine rings is 1.